The fraction of sp³-hybridized carbons (Fsp3) is 0.625. The molecule has 114 valence electrons. The number of rotatable bonds is 8. The van der Waals surface area contributed by atoms with Gasteiger partial charge in [0.05, 0.1) is 11.5 Å². The van der Waals surface area contributed by atoms with Crippen LogP contribution in [0.3, 0.4) is 0 Å². The summed E-state index contributed by atoms with van der Waals surface area (Å²) in [5, 5.41) is 3.29. The van der Waals surface area contributed by atoms with Gasteiger partial charge in [0, 0.05) is 6.04 Å². The molecule has 0 fully saturated rings. The van der Waals surface area contributed by atoms with E-state index >= 15 is 0 Å². The summed E-state index contributed by atoms with van der Waals surface area (Å²) in [7, 11) is -3.04. The van der Waals surface area contributed by atoms with E-state index in [-0.39, 0.29) is 23.5 Å². The number of aryl methyl sites for hydroxylation is 1. The topological polar surface area (TPSA) is 46.2 Å². The predicted molar refractivity (Wildman–Crippen MR) is 85.7 cm³/mol. The van der Waals surface area contributed by atoms with E-state index in [1.807, 2.05) is 52.0 Å². The van der Waals surface area contributed by atoms with Gasteiger partial charge in [0.15, 0.2) is 9.84 Å². The Hall–Kier alpha value is -0.870. The summed E-state index contributed by atoms with van der Waals surface area (Å²) in [5.41, 5.74) is 2.23. The van der Waals surface area contributed by atoms with E-state index in [0.29, 0.717) is 0 Å². The van der Waals surface area contributed by atoms with E-state index in [9.17, 15) is 8.42 Å². The standard InChI is InChI=1S/C16H27NO2S/c1-5-13(3)11-20(18,19)12-16(17-6-2)15-9-7-14(4)8-10-15/h7-10,13,16-17H,5-6,11-12H2,1-4H3. The molecule has 2 unspecified atom stereocenters. The van der Waals surface area contributed by atoms with Crippen LogP contribution >= 0.6 is 0 Å². The van der Waals surface area contributed by atoms with Gasteiger partial charge in [-0.25, -0.2) is 8.42 Å². The van der Waals surface area contributed by atoms with Gasteiger partial charge in [-0.05, 0) is 24.9 Å². The number of sulfone groups is 1. The molecule has 1 aromatic rings. The molecule has 0 spiro atoms. The molecule has 0 aromatic heterocycles. The lowest BCUT2D eigenvalue weighted by Gasteiger charge is -2.20. The van der Waals surface area contributed by atoms with Crippen molar-refractivity contribution in [2.45, 2.75) is 40.2 Å². The summed E-state index contributed by atoms with van der Waals surface area (Å²) in [6, 6.07) is 7.97. The van der Waals surface area contributed by atoms with E-state index in [1.165, 1.54) is 5.56 Å². The molecule has 4 heteroatoms. The number of hydrogen-bond acceptors (Lipinski definition) is 3. The van der Waals surface area contributed by atoms with Crippen molar-refractivity contribution in [3.63, 3.8) is 0 Å². The highest BCUT2D eigenvalue weighted by molar-refractivity contribution is 7.91. The van der Waals surface area contributed by atoms with Crippen LogP contribution in [-0.2, 0) is 9.84 Å². The third kappa shape index (κ3) is 5.63. The second kappa shape index (κ2) is 7.79. The molecular weight excluding hydrogens is 270 g/mol. The molecule has 0 heterocycles. The Labute approximate surface area is 123 Å². The van der Waals surface area contributed by atoms with E-state index < -0.39 is 9.84 Å². The Balaban J connectivity index is 2.84. The number of nitrogens with one attached hydrogen (secondary N) is 1. The third-order valence-electron chi connectivity index (χ3n) is 3.59. The van der Waals surface area contributed by atoms with Gasteiger partial charge in [0.1, 0.15) is 0 Å². The SMILES string of the molecule is CCNC(CS(=O)(=O)CC(C)CC)c1ccc(C)cc1. The van der Waals surface area contributed by atoms with Crippen molar-refractivity contribution in [1.82, 2.24) is 5.32 Å². The lowest BCUT2D eigenvalue weighted by Crippen LogP contribution is -2.30. The molecule has 2 atom stereocenters. The van der Waals surface area contributed by atoms with Crippen molar-refractivity contribution < 1.29 is 8.42 Å². The van der Waals surface area contributed by atoms with Gasteiger partial charge in [-0.3, -0.25) is 0 Å². The molecule has 1 rings (SSSR count). The van der Waals surface area contributed by atoms with E-state index in [4.69, 9.17) is 0 Å². The lowest BCUT2D eigenvalue weighted by atomic mass is 10.1. The van der Waals surface area contributed by atoms with E-state index in [0.717, 1.165) is 18.5 Å². The van der Waals surface area contributed by atoms with Crippen LogP contribution in [0.25, 0.3) is 0 Å². The van der Waals surface area contributed by atoms with Crippen LogP contribution in [0.15, 0.2) is 24.3 Å². The maximum atomic E-state index is 12.3. The fourth-order valence-corrected chi connectivity index (χ4v) is 4.25. The molecule has 0 amide bonds. The number of benzene rings is 1. The van der Waals surface area contributed by atoms with Crippen LogP contribution in [0.5, 0.6) is 0 Å². The lowest BCUT2D eigenvalue weighted by molar-refractivity contribution is 0.541. The molecule has 0 aliphatic carbocycles. The maximum absolute atomic E-state index is 12.3. The first-order chi connectivity index (χ1) is 9.38. The average Bonchev–Trinajstić information content (AvgIpc) is 2.38. The summed E-state index contributed by atoms with van der Waals surface area (Å²) in [6.45, 7) is 8.82. The van der Waals surface area contributed by atoms with Crippen molar-refractivity contribution in [1.29, 1.82) is 0 Å². The Morgan fingerprint density at radius 1 is 1.10 bits per heavy atom. The first kappa shape index (κ1) is 17.2. The molecule has 1 aromatic carbocycles. The van der Waals surface area contributed by atoms with Gasteiger partial charge < -0.3 is 5.32 Å². The smallest absolute Gasteiger partial charge is 0.152 e. The molecule has 0 aliphatic rings. The van der Waals surface area contributed by atoms with Crippen LogP contribution in [0, 0.1) is 12.8 Å². The summed E-state index contributed by atoms with van der Waals surface area (Å²) in [5.74, 6) is 0.672. The van der Waals surface area contributed by atoms with Crippen LogP contribution in [0.1, 0.15) is 44.4 Å². The van der Waals surface area contributed by atoms with Gasteiger partial charge in [-0.15, -0.1) is 0 Å². The Morgan fingerprint density at radius 3 is 2.20 bits per heavy atom. The summed E-state index contributed by atoms with van der Waals surface area (Å²) in [6.07, 6.45) is 0.898. The quantitative estimate of drug-likeness (QED) is 0.802. The Morgan fingerprint density at radius 2 is 1.70 bits per heavy atom. The van der Waals surface area contributed by atoms with E-state index in [1.54, 1.807) is 0 Å². The monoisotopic (exact) mass is 297 g/mol. The zero-order valence-corrected chi connectivity index (χ0v) is 13.8. The molecular formula is C16H27NO2S. The van der Waals surface area contributed by atoms with Gasteiger partial charge in [-0.1, -0.05) is 57.0 Å². The Bertz CT molecular complexity index is 494. The molecule has 1 N–H and O–H groups in total. The predicted octanol–water partition coefficient (Wildman–Crippen LogP) is 3.11. The highest BCUT2D eigenvalue weighted by Crippen LogP contribution is 2.18. The highest BCUT2D eigenvalue weighted by atomic mass is 32.2. The molecule has 20 heavy (non-hydrogen) atoms. The van der Waals surface area contributed by atoms with Crippen LogP contribution in [0.2, 0.25) is 0 Å². The fourth-order valence-electron chi connectivity index (χ4n) is 2.19. The molecule has 0 aliphatic heterocycles. The molecule has 3 nitrogen and oxygen atoms in total. The number of hydrogen-bond donors (Lipinski definition) is 1. The molecule has 0 saturated carbocycles. The normalized spacial score (nSPS) is 15.0. The first-order valence-corrected chi connectivity index (χ1v) is 9.20. The van der Waals surface area contributed by atoms with Gasteiger partial charge in [0.25, 0.3) is 0 Å². The Kier molecular flexibility index (Phi) is 6.69. The minimum absolute atomic E-state index is 0.116. The van der Waals surface area contributed by atoms with Crippen molar-refractivity contribution in [2.24, 2.45) is 5.92 Å². The second-order valence-electron chi connectivity index (χ2n) is 5.61. The summed E-state index contributed by atoms with van der Waals surface area (Å²) >= 11 is 0. The average molecular weight is 297 g/mol. The van der Waals surface area contributed by atoms with Gasteiger partial charge in [0.2, 0.25) is 0 Å². The zero-order chi connectivity index (χ0) is 15.2. The zero-order valence-electron chi connectivity index (χ0n) is 13.0. The third-order valence-corrected chi connectivity index (χ3v) is 5.50. The van der Waals surface area contributed by atoms with Crippen LogP contribution in [-0.4, -0.2) is 26.5 Å². The van der Waals surface area contributed by atoms with Crippen molar-refractivity contribution in [3.05, 3.63) is 35.4 Å². The molecule has 0 saturated heterocycles. The maximum Gasteiger partial charge on any atom is 0.152 e. The minimum Gasteiger partial charge on any atom is -0.309 e. The van der Waals surface area contributed by atoms with Crippen LogP contribution in [0.4, 0.5) is 0 Å². The van der Waals surface area contributed by atoms with Crippen molar-refractivity contribution in [3.8, 4) is 0 Å². The second-order valence-corrected chi connectivity index (χ2v) is 7.77. The van der Waals surface area contributed by atoms with Crippen molar-refractivity contribution >= 4 is 9.84 Å². The van der Waals surface area contributed by atoms with Crippen molar-refractivity contribution in [2.75, 3.05) is 18.1 Å². The molecule has 0 bridgehead atoms. The first-order valence-electron chi connectivity index (χ1n) is 7.38. The minimum atomic E-state index is -3.04. The van der Waals surface area contributed by atoms with Gasteiger partial charge in [-0.2, -0.15) is 0 Å². The molecule has 0 radical (unpaired) electrons. The summed E-state index contributed by atoms with van der Waals surface area (Å²) in [4.78, 5) is 0. The summed E-state index contributed by atoms with van der Waals surface area (Å²) < 4.78 is 24.6. The largest absolute Gasteiger partial charge is 0.309 e. The van der Waals surface area contributed by atoms with Crippen LogP contribution < -0.4 is 5.32 Å². The highest BCUT2D eigenvalue weighted by Gasteiger charge is 2.21. The van der Waals surface area contributed by atoms with Gasteiger partial charge >= 0.3 is 0 Å². The van der Waals surface area contributed by atoms with E-state index in [2.05, 4.69) is 5.32 Å².